The number of nitrogens with one attached hydrogen (secondary N) is 2. The molecule has 0 fully saturated rings. The van der Waals surface area contributed by atoms with Crippen LogP contribution in [0.4, 0.5) is 10.5 Å². The smallest absolute Gasteiger partial charge is 0.411 e. The summed E-state index contributed by atoms with van der Waals surface area (Å²) in [4.78, 5) is 38.0. The Hall–Kier alpha value is -3.03. The third kappa shape index (κ3) is 3.65. The molecule has 0 saturated carbocycles. The highest BCUT2D eigenvalue weighted by molar-refractivity contribution is 5.96. The minimum absolute atomic E-state index is 0.112. The average molecular weight is 334 g/mol. The fourth-order valence-electron chi connectivity index (χ4n) is 2.36. The average Bonchev–Trinajstić information content (AvgIpc) is 3.00. The number of methoxy groups -OCH3 is 3. The standard InChI is InChI=1S/C16H18N2O6/c1-22-14(19)12(15(20)23-2)6-9-8-17-13-5-4-10(7-11(9)13)18-16(21)24-3/h4-5,7-8,12,17H,6H2,1-3H3,(H,18,21). The number of esters is 2. The molecule has 0 aliphatic heterocycles. The van der Waals surface area contributed by atoms with Gasteiger partial charge in [0.1, 0.15) is 0 Å². The van der Waals surface area contributed by atoms with Crippen LogP contribution in [0, 0.1) is 5.92 Å². The molecule has 0 aliphatic carbocycles. The van der Waals surface area contributed by atoms with Gasteiger partial charge in [0.25, 0.3) is 0 Å². The third-order valence-electron chi connectivity index (χ3n) is 3.59. The first-order chi connectivity index (χ1) is 11.5. The van der Waals surface area contributed by atoms with Gasteiger partial charge in [-0.15, -0.1) is 0 Å². The molecule has 1 aromatic heterocycles. The summed E-state index contributed by atoms with van der Waals surface area (Å²) < 4.78 is 13.9. The zero-order valence-corrected chi connectivity index (χ0v) is 13.5. The monoisotopic (exact) mass is 334 g/mol. The molecule has 8 nitrogen and oxygen atoms in total. The number of hydrogen-bond acceptors (Lipinski definition) is 6. The van der Waals surface area contributed by atoms with Crippen molar-refractivity contribution in [2.24, 2.45) is 5.92 Å². The Balaban J connectivity index is 2.33. The van der Waals surface area contributed by atoms with E-state index in [1.54, 1.807) is 24.4 Å². The van der Waals surface area contributed by atoms with Gasteiger partial charge in [0.15, 0.2) is 5.92 Å². The molecule has 2 rings (SSSR count). The Bertz CT molecular complexity index is 751. The van der Waals surface area contributed by atoms with Gasteiger partial charge >= 0.3 is 18.0 Å². The van der Waals surface area contributed by atoms with Crippen molar-refractivity contribution in [1.82, 2.24) is 4.98 Å². The highest BCUT2D eigenvalue weighted by atomic mass is 16.5. The largest absolute Gasteiger partial charge is 0.468 e. The van der Waals surface area contributed by atoms with E-state index in [9.17, 15) is 14.4 Å². The molecule has 0 saturated heterocycles. The lowest BCUT2D eigenvalue weighted by Gasteiger charge is -2.12. The van der Waals surface area contributed by atoms with Crippen molar-refractivity contribution < 1.29 is 28.6 Å². The molecule has 1 aromatic carbocycles. The van der Waals surface area contributed by atoms with Gasteiger partial charge in [-0.1, -0.05) is 0 Å². The van der Waals surface area contributed by atoms with Gasteiger partial charge in [0.05, 0.1) is 21.3 Å². The number of rotatable bonds is 5. The second kappa shape index (κ2) is 7.49. The summed E-state index contributed by atoms with van der Waals surface area (Å²) in [6.07, 6.45) is 1.22. The summed E-state index contributed by atoms with van der Waals surface area (Å²) in [6.45, 7) is 0. The molecule has 0 atom stereocenters. The Morgan fingerprint density at radius 2 is 1.75 bits per heavy atom. The molecule has 1 amide bonds. The zero-order valence-electron chi connectivity index (χ0n) is 13.5. The molecule has 2 N–H and O–H groups in total. The summed E-state index contributed by atoms with van der Waals surface area (Å²) in [5.41, 5.74) is 2.05. The van der Waals surface area contributed by atoms with Crippen LogP contribution in [0.25, 0.3) is 10.9 Å². The second-order valence-electron chi connectivity index (χ2n) is 4.99. The maximum Gasteiger partial charge on any atom is 0.411 e. The van der Waals surface area contributed by atoms with E-state index in [0.717, 1.165) is 16.5 Å². The number of H-pyrrole nitrogens is 1. The maximum atomic E-state index is 11.8. The van der Waals surface area contributed by atoms with E-state index >= 15 is 0 Å². The normalized spacial score (nSPS) is 10.5. The first kappa shape index (κ1) is 17.3. The first-order valence-corrected chi connectivity index (χ1v) is 7.10. The molecular weight excluding hydrogens is 316 g/mol. The van der Waals surface area contributed by atoms with Gasteiger partial charge in [-0.2, -0.15) is 0 Å². The molecule has 0 spiro atoms. The van der Waals surface area contributed by atoms with Crippen molar-refractivity contribution in [3.05, 3.63) is 30.0 Å². The van der Waals surface area contributed by atoms with E-state index in [1.165, 1.54) is 21.3 Å². The highest BCUT2D eigenvalue weighted by Gasteiger charge is 2.29. The molecule has 2 aromatic rings. The minimum atomic E-state index is -1.06. The maximum absolute atomic E-state index is 11.8. The molecule has 128 valence electrons. The van der Waals surface area contributed by atoms with Gasteiger partial charge in [0.2, 0.25) is 0 Å². The number of carbonyl (C=O) groups excluding carboxylic acids is 3. The fourth-order valence-corrected chi connectivity index (χ4v) is 2.36. The topological polar surface area (TPSA) is 107 Å². The SMILES string of the molecule is COC(=O)Nc1ccc2[nH]cc(CC(C(=O)OC)C(=O)OC)c2c1. The van der Waals surface area contributed by atoms with E-state index in [1.807, 2.05) is 0 Å². The molecule has 0 aliphatic rings. The Kier molecular flexibility index (Phi) is 5.41. The van der Waals surface area contributed by atoms with Crippen molar-refractivity contribution in [3.8, 4) is 0 Å². The van der Waals surface area contributed by atoms with Crippen LogP contribution in [0.15, 0.2) is 24.4 Å². The molecule has 8 heteroatoms. The van der Waals surface area contributed by atoms with E-state index < -0.39 is 23.9 Å². The number of hydrogen-bond donors (Lipinski definition) is 2. The van der Waals surface area contributed by atoms with Crippen molar-refractivity contribution in [2.45, 2.75) is 6.42 Å². The summed E-state index contributed by atoms with van der Waals surface area (Å²) in [5, 5.41) is 3.33. The van der Waals surface area contributed by atoms with Crippen LogP contribution in [0.3, 0.4) is 0 Å². The number of carbonyl (C=O) groups is 3. The van der Waals surface area contributed by atoms with Crippen LogP contribution in [-0.2, 0) is 30.2 Å². The number of aromatic amines is 1. The number of anilines is 1. The molecule has 24 heavy (non-hydrogen) atoms. The van der Waals surface area contributed by atoms with E-state index in [0.29, 0.717) is 5.69 Å². The lowest BCUT2D eigenvalue weighted by molar-refractivity contribution is -0.158. The van der Waals surface area contributed by atoms with Crippen molar-refractivity contribution in [2.75, 3.05) is 26.6 Å². The van der Waals surface area contributed by atoms with Gasteiger partial charge in [-0.3, -0.25) is 14.9 Å². The minimum Gasteiger partial charge on any atom is -0.468 e. The number of amides is 1. The van der Waals surface area contributed by atoms with Gasteiger partial charge < -0.3 is 19.2 Å². The summed E-state index contributed by atoms with van der Waals surface area (Å²) in [6, 6.07) is 5.21. The summed E-state index contributed by atoms with van der Waals surface area (Å²) >= 11 is 0. The Morgan fingerprint density at radius 1 is 1.08 bits per heavy atom. The number of ether oxygens (including phenoxy) is 3. The second-order valence-corrected chi connectivity index (χ2v) is 4.99. The predicted molar refractivity (Wildman–Crippen MR) is 85.6 cm³/mol. The number of fused-ring (bicyclic) bond motifs is 1. The number of benzene rings is 1. The van der Waals surface area contributed by atoms with Crippen molar-refractivity contribution >= 4 is 34.6 Å². The number of aromatic nitrogens is 1. The van der Waals surface area contributed by atoms with Crippen LogP contribution >= 0.6 is 0 Å². The van der Waals surface area contributed by atoms with Gasteiger partial charge in [0, 0.05) is 22.8 Å². The van der Waals surface area contributed by atoms with Gasteiger partial charge in [-0.25, -0.2) is 4.79 Å². The highest BCUT2D eigenvalue weighted by Crippen LogP contribution is 2.25. The molecule has 0 radical (unpaired) electrons. The summed E-state index contributed by atoms with van der Waals surface area (Å²) in [5.74, 6) is -2.39. The predicted octanol–water partition coefficient (Wildman–Crippen LogP) is 1.85. The van der Waals surface area contributed by atoms with E-state index in [-0.39, 0.29) is 6.42 Å². The lowest BCUT2D eigenvalue weighted by Crippen LogP contribution is -2.28. The van der Waals surface area contributed by atoms with Crippen LogP contribution in [0.2, 0.25) is 0 Å². The quantitative estimate of drug-likeness (QED) is 0.491. The van der Waals surface area contributed by atoms with E-state index in [4.69, 9.17) is 0 Å². The first-order valence-electron chi connectivity index (χ1n) is 7.10. The van der Waals surface area contributed by atoms with Crippen LogP contribution < -0.4 is 5.32 Å². The fraction of sp³-hybridized carbons (Fsp3) is 0.312. The Morgan fingerprint density at radius 3 is 2.33 bits per heavy atom. The van der Waals surface area contributed by atoms with Crippen LogP contribution in [0.1, 0.15) is 5.56 Å². The Labute approximate surface area is 138 Å². The molecule has 0 unspecified atom stereocenters. The third-order valence-corrected chi connectivity index (χ3v) is 3.59. The van der Waals surface area contributed by atoms with Crippen molar-refractivity contribution in [3.63, 3.8) is 0 Å². The van der Waals surface area contributed by atoms with Crippen LogP contribution in [-0.4, -0.2) is 44.3 Å². The van der Waals surface area contributed by atoms with Crippen LogP contribution in [0.5, 0.6) is 0 Å². The van der Waals surface area contributed by atoms with Crippen molar-refractivity contribution in [1.29, 1.82) is 0 Å². The zero-order chi connectivity index (χ0) is 17.7. The molecule has 0 bridgehead atoms. The lowest BCUT2D eigenvalue weighted by atomic mass is 9.99. The molecule has 1 heterocycles. The van der Waals surface area contributed by atoms with Gasteiger partial charge in [-0.05, 0) is 30.2 Å². The molecular formula is C16H18N2O6. The van der Waals surface area contributed by atoms with E-state index in [2.05, 4.69) is 24.5 Å². The summed E-state index contributed by atoms with van der Waals surface area (Å²) in [7, 11) is 3.70.